The Balaban J connectivity index is 4.46. The van der Waals surface area contributed by atoms with Gasteiger partial charge in [-0.2, -0.15) is 0 Å². The smallest absolute Gasteiger partial charge is 0.407 e. The number of carbonyl (C=O) groups is 2. The molecule has 0 spiro atoms. The summed E-state index contributed by atoms with van der Waals surface area (Å²) in [6, 6.07) is -0.500. The van der Waals surface area contributed by atoms with Gasteiger partial charge in [-0.25, -0.2) is 4.79 Å². The molecule has 0 aromatic rings. The minimum atomic E-state index is -0.574. The zero-order valence-corrected chi connectivity index (χ0v) is 8.80. The molecule has 0 aliphatic heterocycles. The Morgan fingerprint density at radius 2 is 1.85 bits per heavy atom. The fraction of sp³-hybridized carbons (Fsp3) is 0.750. The van der Waals surface area contributed by atoms with Gasteiger partial charge in [0.25, 0.3) is 0 Å². The van der Waals surface area contributed by atoms with Gasteiger partial charge in [0, 0.05) is 0 Å². The molecule has 0 radical (unpaired) electrons. The maximum atomic E-state index is 11.2. The molecule has 74 valence electrons. The Morgan fingerprint density at radius 1 is 1.38 bits per heavy atom. The van der Waals surface area contributed by atoms with Gasteiger partial charge in [-0.3, -0.25) is 0 Å². The van der Waals surface area contributed by atoms with Crippen LogP contribution < -0.4 is 5.32 Å². The predicted octanol–water partition coefficient (Wildman–Crippen LogP) is -0.0832. The van der Waals surface area contributed by atoms with Gasteiger partial charge in [0.2, 0.25) is 0 Å². The highest BCUT2D eigenvalue weighted by atomic mass is 16.5. The van der Waals surface area contributed by atoms with Gasteiger partial charge < -0.3 is 14.8 Å². The lowest BCUT2D eigenvalue weighted by atomic mass is 9.78. The van der Waals surface area contributed by atoms with Crippen molar-refractivity contribution < 1.29 is 14.3 Å². The molecule has 0 saturated carbocycles. The van der Waals surface area contributed by atoms with Gasteiger partial charge in [-0.05, 0) is 5.41 Å². The van der Waals surface area contributed by atoms with E-state index in [1.165, 1.54) is 15.0 Å². The lowest BCUT2D eigenvalue weighted by Crippen LogP contribution is -2.49. The maximum absolute atomic E-state index is 11.2. The van der Waals surface area contributed by atoms with Crippen LogP contribution in [0, 0.1) is 5.41 Å². The first-order valence-corrected chi connectivity index (χ1v) is 4.14. The highest BCUT2D eigenvalue weighted by Gasteiger charge is 2.29. The number of carbonyl (C=O) groups excluding carboxylic acids is 2. The van der Waals surface area contributed by atoms with Gasteiger partial charge in [0.15, 0.2) is 7.85 Å². The number of hydrogen-bond acceptors (Lipinski definition) is 3. The van der Waals surface area contributed by atoms with Crippen molar-refractivity contribution in [2.75, 3.05) is 7.11 Å². The molecule has 0 aliphatic carbocycles. The van der Waals surface area contributed by atoms with Crippen molar-refractivity contribution in [3.05, 3.63) is 0 Å². The fourth-order valence-electron chi connectivity index (χ4n) is 1.10. The van der Waals surface area contributed by atoms with E-state index in [0.717, 1.165) is 0 Å². The molecule has 0 bridgehead atoms. The van der Waals surface area contributed by atoms with Crippen LogP contribution in [0.2, 0.25) is 0 Å². The molecule has 0 rings (SSSR count). The summed E-state index contributed by atoms with van der Waals surface area (Å²) >= 11 is 0. The summed E-state index contributed by atoms with van der Waals surface area (Å²) in [4.78, 5) is 22.1. The van der Waals surface area contributed by atoms with E-state index in [0.29, 0.717) is 0 Å². The third-order valence-electron chi connectivity index (χ3n) is 1.72. The number of methoxy groups -OCH3 is 1. The van der Waals surface area contributed by atoms with Crippen LogP contribution >= 0.6 is 0 Å². The lowest BCUT2D eigenvalue weighted by Gasteiger charge is -2.28. The summed E-state index contributed by atoms with van der Waals surface area (Å²) < 4.78 is 4.42. The number of alkyl carbamates (subject to hydrolysis) is 1. The molecule has 0 fully saturated rings. The Kier molecular flexibility index (Phi) is 3.97. The standard InChI is InChI=1S/C8H16BNO3/c1-8(2,3)5(6(9)11)10-7(12)13-4/h5H,9H2,1-4H3,(H,10,12)/t5-/m1/s1. The van der Waals surface area contributed by atoms with Gasteiger partial charge >= 0.3 is 6.09 Å². The Hall–Kier alpha value is -0.995. The maximum Gasteiger partial charge on any atom is 0.407 e. The average Bonchev–Trinajstić information content (AvgIpc) is 1.96. The van der Waals surface area contributed by atoms with Crippen molar-refractivity contribution >= 4 is 19.6 Å². The van der Waals surface area contributed by atoms with E-state index in [1.54, 1.807) is 0 Å². The van der Waals surface area contributed by atoms with Gasteiger partial charge in [0.05, 0.1) is 13.2 Å². The summed E-state index contributed by atoms with van der Waals surface area (Å²) in [5.41, 5.74) is -0.363. The minimum absolute atomic E-state index is 0.0714. The number of amides is 1. The molecular weight excluding hydrogens is 169 g/mol. The second-order valence-corrected chi connectivity index (χ2v) is 4.05. The fourth-order valence-corrected chi connectivity index (χ4v) is 1.10. The number of nitrogens with one attached hydrogen (secondary N) is 1. The predicted molar refractivity (Wildman–Crippen MR) is 52.3 cm³/mol. The Bertz CT molecular complexity index is 210. The van der Waals surface area contributed by atoms with Crippen molar-refractivity contribution in [1.29, 1.82) is 0 Å². The van der Waals surface area contributed by atoms with Gasteiger partial charge in [-0.15, -0.1) is 0 Å². The van der Waals surface area contributed by atoms with E-state index in [4.69, 9.17) is 0 Å². The number of rotatable bonds is 2. The molecule has 1 atom stereocenters. The summed E-state index contributed by atoms with van der Waals surface area (Å²) in [5.74, 6) is 0. The van der Waals surface area contributed by atoms with E-state index in [-0.39, 0.29) is 11.1 Å². The van der Waals surface area contributed by atoms with Crippen LogP contribution in [0.4, 0.5) is 4.79 Å². The highest BCUT2D eigenvalue weighted by molar-refractivity contribution is 6.59. The quantitative estimate of drug-likeness (QED) is 0.612. The first kappa shape index (κ1) is 12.0. The zero-order valence-electron chi connectivity index (χ0n) is 8.80. The molecule has 0 aromatic heterocycles. The molecule has 0 aliphatic rings. The summed E-state index contributed by atoms with van der Waals surface area (Å²) in [7, 11) is 2.72. The molecule has 1 N–H and O–H groups in total. The number of ether oxygens (including phenoxy) is 1. The third-order valence-corrected chi connectivity index (χ3v) is 1.72. The van der Waals surface area contributed by atoms with Crippen molar-refractivity contribution in [3.63, 3.8) is 0 Å². The van der Waals surface area contributed by atoms with E-state index in [1.807, 2.05) is 20.8 Å². The average molecular weight is 185 g/mol. The molecule has 0 saturated heterocycles. The number of hydrogen-bond donors (Lipinski definition) is 1. The summed E-state index contributed by atoms with van der Waals surface area (Å²) in [5, 5.41) is 2.50. The second kappa shape index (κ2) is 4.30. The van der Waals surface area contributed by atoms with Crippen LogP contribution in [-0.4, -0.2) is 32.8 Å². The first-order chi connectivity index (χ1) is 5.79. The van der Waals surface area contributed by atoms with E-state index in [9.17, 15) is 9.59 Å². The molecule has 13 heavy (non-hydrogen) atoms. The lowest BCUT2D eigenvalue weighted by molar-refractivity contribution is -0.115. The topological polar surface area (TPSA) is 55.4 Å². The Labute approximate surface area is 79.4 Å². The van der Waals surface area contributed by atoms with Gasteiger partial charge in [-0.1, -0.05) is 20.8 Å². The SMILES string of the molecule is BC(=O)[C@@H](NC(=O)OC)C(C)(C)C. The third kappa shape index (κ3) is 3.96. The van der Waals surface area contributed by atoms with Crippen molar-refractivity contribution in [2.45, 2.75) is 26.8 Å². The van der Waals surface area contributed by atoms with Crippen LogP contribution in [0.15, 0.2) is 0 Å². The molecular formula is C8H16BNO3. The highest BCUT2D eigenvalue weighted by Crippen LogP contribution is 2.19. The van der Waals surface area contributed by atoms with Crippen LogP contribution in [0.5, 0.6) is 0 Å². The first-order valence-electron chi connectivity index (χ1n) is 4.14. The largest absolute Gasteiger partial charge is 0.453 e. The van der Waals surface area contributed by atoms with Crippen molar-refractivity contribution in [3.8, 4) is 0 Å². The van der Waals surface area contributed by atoms with E-state index < -0.39 is 12.1 Å². The summed E-state index contributed by atoms with van der Waals surface area (Å²) in [6.07, 6.45) is -0.574. The molecule has 0 unspecified atom stereocenters. The van der Waals surface area contributed by atoms with E-state index >= 15 is 0 Å². The zero-order chi connectivity index (χ0) is 10.6. The van der Waals surface area contributed by atoms with E-state index in [2.05, 4.69) is 10.1 Å². The Morgan fingerprint density at radius 3 is 2.08 bits per heavy atom. The normalized spacial score (nSPS) is 13.2. The monoisotopic (exact) mass is 185 g/mol. The van der Waals surface area contributed by atoms with Crippen LogP contribution in [0.1, 0.15) is 20.8 Å². The molecule has 1 amide bonds. The molecule has 0 aromatic carbocycles. The summed E-state index contributed by atoms with van der Waals surface area (Å²) in [6.45, 7) is 5.65. The van der Waals surface area contributed by atoms with Crippen molar-refractivity contribution in [1.82, 2.24) is 5.32 Å². The van der Waals surface area contributed by atoms with Crippen LogP contribution in [0.3, 0.4) is 0 Å². The van der Waals surface area contributed by atoms with Crippen molar-refractivity contribution in [2.24, 2.45) is 5.41 Å². The molecule has 0 heterocycles. The van der Waals surface area contributed by atoms with Crippen LogP contribution in [-0.2, 0) is 9.53 Å². The minimum Gasteiger partial charge on any atom is -0.453 e. The van der Waals surface area contributed by atoms with Gasteiger partial charge in [0.1, 0.15) is 5.68 Å². The van der Waals surface area contributed by atoms with Crippen LogP contribution in [0.25, 0.3) is 0 Å². The second-order valence-electron chi connectivity index (χ2n) is 4.05. The molecule has 4 nitrogen and oxygen atoms in total. The molecule has 5 heteroatoms.